The highest BCUT2D eigenvalue weighted by Gasteiger charge is 2.19. The van der Waals surface area contributed by atoms with Crippen LogP contribution < -0.4 is 0 Å². The van der Waals surface area contributed by atoms with Crippen molar-refractivity contribution in [3.05, 3.63) is 70.3 Å². The number of hydrogen-bond acceptors (Lipinski definition) is 3. The number of carbonyl (C=O) groups excluding carboxylic acids is 1. The minimum Gasteiger partial charge on any atom is -0.478 e. The molecule has 0 heterocycles. The standard InChI is InChI=1S/C20H20F2O4/c1-11(2)13-4-6-18(22)16(8-13)20(25)26-10-12(3)15-9-14(19(23)24)5-7-17(15)21/h4-9,11-12H,10H2,1-3H3,(H,23,24). The van der Waals surface area contributed by atoms with E-state index in [0.29, 0.717) is 0 Å². The van der Waals surface area contributed by atoms with Crippen LogP contribution in [0.5, 0.6) is 0 Å². The molecule has 2 aromatic rings. The minimum atomic E-state index is -1.18. The lowest BCUT2D eigenvalue weighted by atomic mass is 9.99. The fraction of sp³-hybridized carbons (Fsp3) is 0.300. The summed E-state index contributed by atoms with van der Waals surface area (Å²) in [5.41, 5.74) is 0.680. The summed E-state index contributed by atoms with van der Waals surface area (Å²) in [5.74, 6) is -3.77. The molecule has 138 valence electrons. The van der Waals surface area contributed by atoms with Crippen molar-refractivity contribution in [1.82, 2.24) is 0 Å². The molecule has 0 spiro atoms. The van der Waals surface area contributed by atoms with E-state index in [4.69, 9.17) is 9.84 Å². The zero-order valence-corrected chi connectivity index (χ0v) is 14.8. The summed E-state index contributed by atoms with van der Waals surface area (Å²) >= 11 is 0. The first-order chi connectivity index (χ1) is 12.2. The van der Waals surface area contributed by atoms with Gasteiger partial charge in [0.2, 0.25) is 0 Å². The first-order valence-corrected chi connectivity index (χ1v) is 8.20. The van der Waals surface area contributed by atoms with Gasteiger partial charge in [-0.2, -0.15) is 0 Å². The van der Waals surface area contributed by atoms with E-state index in [1.54, 1.807) is 13.0 Å². The third-order valence-electron chi connectivity index (χ3n) is 4.12. The van der Waals surface area contributed by atoms with E-state index in [1.165, 1.54) is 18.2 Å². The van der Waals surface area contributed by atoms with Crippen molar-refractivity contribution >= 4 is 11.9 Å². The highest BCUT2D eigenvalue weighted by atomic mass is 19.1. The fourth-order valence-electron chi connectivity index (χ4n) is 2.48. The molecule has 0 aliphatic rings. The summed E-state index contributed by atoms with van der Waals surface area (Å²) in [7, 11) is 0. The zero-order valence-electron chi connectivity index (χ0n) is 14.8. The van der Waals surface area contributed by atoms with Crippen LogP contribution in [0.25, 0.3) is 0 Å². The topological polar surface area (TPSA) is 63.6 Å². The summed E-state index contributed by atoms with van der Waals surface area (Å²) in [6.45, 7) is 5.23. The van der Waals surface area contributed by atoms with Gasteiger partial charge in [-0.15, -0.1) is 0 Å². The second-order valence-corrected chi connectivity index (χ2v) is 6.43. The zero-order chi connectivity index (χ0) is 19.4. The molecule has 0 aromatic heterocycles. The number of rotatable bonds is 6. The van der Waals surface area contributed by atoms with Gasteiger partial charge in [0.25, 0.3) is 0 Å². The Balaban J connectivity index is 2.14. The van der Waals surface area contributed by atoms with Crippen LogP contribution in [0.15, 0.2) is 36.4 Å². The lowest BCUT2D eigenvalue weighted by Crippen LogP contribution is -2.14. The van der Waals surface area contributed by atoms with E-state index in [2.05, 4.69) is 0 Å². The number of aromatic carboxylic acids is 1. The Hall–Kier alpha value is -2.76. The van der Waals surface area contributed by atoms with Gasteiger partial charge >= 0.3 is 11.9 Å². The SMILES string of the molecule is CC(C)c1ccc(F)c(C(=O)OCC(C)c2cc(C(=O)O)ccc2F)c1. The van der Waals surface area contributed by atoms with Gasteiger partial charge in [0.1, 0.15) is 11.6 Å². The summed E-state index contributed by atoms with van der Waals surface area (Å²) in [6.07, 6.45) is 0. The average Bonchev–Trinajstić information content (AvgIpc) is 2.59. The van der Waals surface area contributed by atoms with Gasteiger partial charge in [-0.05, 0) is 47.4 Å². The summed E-state index contributed by atoms with van der Waals surface area (Å²) in [6, 6.07) is 7.68. The highest BCUT2D eigenvalue weighted by Crippen LogP contribution is 2.23. The Kier molecular flexibility index (Phi) is 6.08. The Morgan fingerprint density at radius 3 is 2.31 bits per heavy atom. The molecule has 0 bridgehead atoms. The maximum absolute atomic E-state index is 13.9. The molecule has 0 amide bonds. The molecular weight excluding hydrogens is 342 g/mol. The molecule has 2 aromatic carbocycles. The minimum absolute atomic E-state index is 0.0599. The number of benzene rings is 2. The van der Waals surface area contributed by atoms with E-state index in [-0.39, 0.29) is 29.2 Å². The largest absolute Gasteiger partial charge is 0.478 e. The predicted molar refractivity (Wildman–Crippen MR) is 92.5 cm³/mol. The van der Waals surface area contributed by atoms with E-state index in [1.807, 2.05) is 13.8 Å². The number of halogens is 2. The molecule has 0 saturated carbocycles. The van der Waals surface area contributed by atoms with Crippen LogP contribution in [-0.4, -0.2) is 23.7 Å². The lowest BCUT2D eigenvalue weighted by Gasteiger charge is -2.15. The molecule has 2 rings (SSSR count). The maximum Gasteiger partial charge on any atom is 0.341 e. The Bertz CT molecular complexity index is 831. The number of esters is 1. The van der Waals surface area contributed by atoms with Gasteiger partial charge in [0, 0.05) is 5.92 Å². The van der Waals surface area contributed by atoms with Crippen LogP contribution >= 0.6 is 0 Å². The van der Waals surface area contributed by atoms with E-state index in [0.717, 1.165) is 17.7 Å². The number of carbonyl (C=O) groups is 2. The smallest absolute Gasteiger partial charge is 0.341 e. The first kappa shape index (κ1) is 19.6. The van der Waals surface area contributed by atoms with Crippen molar-refractivity contribution in [2.45, 2.75) is 32.6 Å². The second kappa shape index (κ2) is 8.08. The molecule has 4 nitrogen and oxygen atoms in total. The van der Waals surface area contributed by atoms with Crippen molar-refractivity contribution in [3.8, 4) is 0 Å². The van der Waals surface area contributed by atoms with Gasteiger partial charge in [-0.1, -0.05) is 26.8 Å². The Morgan fingerprint density at radius 1 is 1.04 bits per heavy atom. The van der Waals surface area contributed by atoms with Crippen LogP contribution in [0.2, 0.25) is 0 Å². The van der Waals surface area contributed by atoms with Crippen LogP contribution in [0, 0.1) is 11.6 Å². The van der Waals surface area contributed by atoms with Crippen LogP contribution in [-0.2, 0) is 4.74 Å². The molecule has 1 unspecified atom stereocenters. The van der Waals surface area contributed by atoms with Gasteiger partial charge in [0.15, 0.2) is 0 Å². The number of ether oxygens (including phenoxy) is 1. The number of carboxylic acid groups (broad SMARTS) is 1. The first-order valence-electron chi connectivity index (χ1n) is 8.20. The molecule has 1 N–H and O–H groups in total. The van der Waals surface area contributed by atoms with Gasteiger partial charge in [0.05, 0.1) is 17.7 Å². The second-order valence-electron chi connectivity index (χ2n) is 6.43. The molecule has 0 aliphatic carbocycles. The molecular formula is C20H20F2O4. The maximum atomic E-state index is 13.9. The molecule has 0 radical (unpaired) electrons. The van der Waals surface area contributed by atoms with Crippen molar-refractivity contribution in [3.63, 3.8) is 0 Å². The molecule has 6 heteroatoms. The molecule has 26 heavy (non-hydrogen) atoms. The van der Waals surface area contributed by atoms with Crippen molar-refractivity contribution < 1.29 is 28.2 Å². The summed E-state index contributed by atoms with van der Waals surface area (Å²) in [4.78, 5) is 23.2. The quantitative estimate of drug-likeness (QED) is 0.754. The van der Waals surface area contributed by atoms with Crippen LogP contribution in [0.1, 0.15) is 64.4 Å². The summed E-state index contributed by atoms with van der Waals surface area (Å²) in [5, 5.41) is 9.00. The van der Waals surface area contributed by atoms with E-state index in [9.17, 15) is 18.4 Å². The van der Waals surface area contributed by atoms with Crippen LogP contribution in [0.3, 0.4) is 0 Å². The van der Waals surface area contributed by atoms with Gasteiger partial charge in [-0.25, -0.2) is 18.4 Å². The van der Waals surface area contributed by atoms with E-state index < -0.39 is 29.5 Å². The third kappa shape index (κ3) is 4.45. The third-order valence-corrected chi connectivity index (χ3v) is 4.12. The molecule has 1 atom stereocenters. The van der Waals surface area contributed by atoms with Crippen LogP contribution in [0.4, 0.5) is 8.78 Å². The molecule has 0 saturated heterocycles. The average molecular weight is 362 g/mol. The monoisotopic (exact) mass is 362 g/mol. The number of hydrogen-bond donors (Lipinski definition) is 1. The molecule has 0 aliphatic heterocycles. The predicted octanol–water partition coefficient (Wildman–Crippen LogP) is 4.75. The highest BCUT2D eigenvalue weighted by molar-refractivity contribution is 5.90. The van der Waals surface area contributed by atoms with Gasteiger partial charge in [-0.3, -0.25) is 0 Å². The lowest BCUT2D eigenvalue weighted by molar-refractivity contribution is 0.0477. The number of carboxylic acids is 1. The normalized spacial score (nSPS) is 12.1. The van der Waals surface area contributed by atoms with E-state index >= 15 is 0 Å². The fourth-order valence-corrected chi connectivity index (χ4v) is 2.48. The summed E-state index contributed by atoms with van der Waals surface area (Å²) < 4.78 is 33.0. The Labute approximate surface area is 150 Å². The van der Waals surface area contributed by atoms with Crippen molar-refractivity contribution in [2.75, 3.05) is 6.61 Å². The molecule has 0 fully saturated rings. The van der Waals surface area contributed by atoms with Gasteiger partial charge < -0.3 is 9.84 Å². The van der Waals surface area contributed by atoms with Crippen molar-refractivity contribution in [1.29, 1.82) is 0 Å². The Morgan fingerprint density at radius 2 is 1.69 bits per heavy atom. The van der Waals surface area contributed by atoms with Crippen molar-refractivity contribution in [2.24, 2.45) is 0 Å².